The Morgan fingerprint density at radius 1 is 1.36 bits per heavy atom. The molecule has 1 nitrogen and oxygen atoms in total. The van der Waals surface area contributed by atoms with Gasteiger partial charge in [-0.25, -0.2) is 8.78 Å². The lowest BCUT2D eigenvalue weighted by atomic mass is 9.74. The van der Waals surface area contributed by atoms with Crippen LogP contribution in [-0.4, -0.2) is 5.92 Å². The second kappa shape index (κ2) is 3.31. The summed E-state index contributed by atoms with van der Waals surface area (Å²) in [5, 5.41) is 0. The standard InChI is InChI=1S/C11H13F2N/c12-11(13)6-5-10(11)9-4-2-1-3-8(9)7-14/h1-4,10H,5-7,14H2. The van der Waals surface area contributed by atoms with Crippen molar-refractivity contribution in [2.24, 2.45) is 5.73 Å². The van der Waals surface area contributed by atoms with Gasteiger partial charge in [0.05, 0.1) is 0 Å². The molecule has 76 valence electrons. The third kappa shape index (κ3) is 1.42. The van der Waals surface area contributed by atoms with Crippen molar-refractivity contribution >= 4 is 0 Å². The van der Waals surface area contributed by atoms with Crippen LogP contribution in [0.25, 0.3) is 0 Å². The first kappa shape index (κ1) is 9.59. The smallest absolute Gasteiger partial charge is 0.254 e. The van der Waals surface area contributed by atoms with Crippen molar-refractivity contribution < 1.29 is 8.78 Å². The monoisotopic (exact) mass is 197 g/mol. The van der Waals surface area contributed by atoms with Crippen LogP contribution in [0.1, 0.15) is 29.9 Å². The molecule has 0 spiro atoms. The lowest BCUT2D eigenvalue weighted by Crippen LogP contribution is -2.37. The number of rotatable bonds is 2. The summed E-state index contributed by atoms with van der Waals surface area (Å²) in [6.07, 6.45) is 0.584. The summed E-state index contributed by atoms with van der Waals surface area (Å²) in [6.45, 7) is 0.336. The SMILES string of the molecule is NCc1ccccc1C1CCC1(F)F. The first-order valence-electron chi connectivity index (χ1n) is 4.81. The average Bonchev–Trinajstić information content (AvgIpc) is 2.17. The van der Waals surface area contributed by atoms with Gasteiger partial charge in [-0.3, -0.25) is 0 Å². The Labute approximate surface area is 81.9 Å². The highest BCUT2D eigenvalue weighted by atomic mass is 19.3. The second-order valence-corrected chi connectivity index (χ2v) is 3.76. The predicted molar refractivity (Wildman–Crippen MR) is 51.3 cm³/mol. The Morgan fingerprint density at radius 3 is 2.57 bits per heavy atom. The van der Waals surface area contributed by atoms with Gasteiger partial charge in [0.1, 0.15) is 0 Å². The molecule has 0 aromatic heterocycles. The summed E-state index contributed by atoms with van der Waals surface area (Å²) in [4.78, 5) is 0. The zero-order valence-corrected chi connectivity index (χ0v) is 7.84. The highest BCUT2D eigenvalue weighted by molar-refractivity contribution is 5.33. The maximum Gasteiger partial charge on any atom is 0.254 e. The van der Waals surface area contributed by atoms with Gasteiger partial charge in [-0.15, -0.1) is 0 Å². The van der Waals surface area contributed by atoms with E-state index in [-0.39, 0.29) is 6.42 Å². The summed E-state index contributed by atoms with van der Waals surface area (Å²) in [5.74, 6) is -3.13. The maximum atomic E-state index is 13.2. The summed E-state index contributed by atoms with van der Waals surface area (Å²) in [7, 11) is 0. The fourth-order valence-electron chi connectivity index (χ4n) is 1.95. The van der Waals surface area contributed by atoms with Crippen molar-refractivity contribution in [3.63, 3.8) is 0 Å². The number of alkyl halides is 2. The molecule has 3 heteroatoms. The van der Waals surface area contributed by atoms with Crippen molar-refractivity contribution in [1.29, 1.82) is 0 Å². The Hall–Kier alpha value is -0.960. The number of benzene rings is 1. The zero-order valence-electron chi connectivity index (χ0n) is 7.84. The molecule has 2 rings (SSSR count). The van der Waals surface area contributed by atoms with Gasteiger partial charge < -0.3 is 5.73 Å². The summed E-state index contributed by atoms with van der Waals surface area (Å²) in [5.41, 5.74) is 7.08. The van der Waals surface area contributed by atoms with Gasteiger partial charge in [0.15, 0.2) is 0 Å². The van der Waals surface area contributed by atoms with E-state index < -0.39 is 11.8 Å². The van der Waals surface area contributed by atoms with Crippen LogP contribution in [0.15, 0.2) is 24.3 Å². The van der Waals surface area contributed by atoms with Crippen LogP contribution >= 0.6 is 0 Å². The van der Waals surface area contributed by atoms with E-state index in [2.05, 4.69) is 0 Å². The minimum atomic E-state index is -2.52. The number of nitrogens with two attached hydrogens (primary N) is 1. The van der Waals surface area contributed by atoms with Crippen LogP contribution in [0.5, 0.6) is 0 Å². The predicted octanol–water partition coefficient (Wildman–Crippen LogP) is 2.66. The molecular weight excluding hydrogens is 184 g/mol. The molecule has 0 aliphatic heterocycles. The van der Waals surface area contributed by atoms with Gasteiger partial charge in [0, 0.05) is 18.9 Å². The van der Waals surface area contributed by atoms with E-state index in [4.69, 9.17) is 5.73 Å². The first-order valence-corrected chi connectivity index (χ1v) is 4.81. The number of hydrogen-bond donors (Lipinski definition) is 1. The summed E-state index contributed by atoms with van der Waals surface area (Å²) < 4.78 is 26.3. The molecule has 1 unspecified atom stereocenters. The van der Waals surface area contributed by atoms with Gasteiger partial charge in [-0.1, -0.05) is 24.3 Å². The Kier molecular flexibility index (Phi) is 2.27. The Morgan fingerprint density at radius 2 is 2.07 bits per heavy atom. The molecule has 0 heterocycles. The van der Waals surface area contributed by atoms with Crippen molar-refractivity contribution in [2.75, 3.05) is 0 Å². The van der Waals surface area contributed by atoms with Gasteiger partial charge in [-0.2, -0.15) is 0 Å². The fraction of sp³-hybridized carbons (Fsp3) is 0.455. The first-order chi connectivity index (χ1) is 6.65. The van der Waals surface area contributed by atoms with E-state index >= 15 is 0 Å². The van der Waals surface area contributed by atoms with Crippen LogP contribution in [0.2, 0.25) is 0 Å². The zero-order chi connectivity index (χ0) is 10.2. The van der Waals surface area contributed by atoms with Crippen LogP contribution in [-0.2, 0) is 6.54 Å². The molecule has 1 aliphatic carbocycles. The van der Waals surface area contributed by atoms with E-state index in [0.717, 1.165) is 11.1 Å². The minimum Gasteiger partial charge on any atom is -0.326 e. The minimum absolute atomic E-state index is 0.0105. The van der Waals surface area contributed by atoms with E-state index in [1.54, 1.807) is 12.1 Å². The molecule has 0 amide bonds. The highest BCUT2D eigenvalue weighted by Gasteiger charge is 2.49. The molecule has 1 aromatic carbocycles. The van der Waals surface area contributed by atoms with E-state index in [9.17, 15) is 8.78 Å². The van der Waals surface area contributed by atoms with E-state index in [1.807, 2.05) is 12.1 Å². The normalized spacial score (nSPS) is 24.4. The maximum absolute atomic E-state index is 13.2. The molecule has 1 atom stereocenters. The largest absolute Gasteiger partial charge is 0.326 e. The van der Waals surface area contributed by atoms with Gasteiger partial charge in [-0.05, 0) is 17.5 Å². The molecule has 0 radical (unpaired) electrons. The lowest BCUT2D eigenvalue weighted by Gasteiger charge is -2.37. The van der Waals surface area contributed by atoms with Crippen LogP contribution in [0, 0.1) is 0 Å². The summed E-state index contributed by atoms with van der Waals surface area (Å²) in [6, 6.07) is 7.22. The quantitative estimate of drug-likeness (QED) is 0.775. The van der Waals surface area contributed by atoms with E-state index in [0.29, 0.717) is 13.0 Å². The van der Waals surface area contributed by atoms with Crippen molar-refractivity contribution in [1.82, 2.24) is 0 Å². The average molecular weight is 197 g/mol. The van der Waals surface area contributed by atoms with Crippen molar-refractivity contribution in [2.45, 2.75) is 31.2 Å². The number of hydrogen-bond acceptors (Lipinski definition) is 1. The van der Waals surface area contributed by atoms with Crippen molar-refractivity contribution in [3.05, 3.63) is 35.4 Å². The lowest BCUT2D eigenvalue weighted by molar-refractivity contribution is -0.0964. The molecule has 0 bridgehead atoms. The highest BCUT2D eigenvalue weighted by Crippen LogP contribution is 2.50. The topological polar surface area (TPSA) is 26.0 Å². The van der Waals surface area contributed by atoms with Gasteiger partial charge >= 0.3 is 0 Å². The van der Waals surface area contributed by atoms with Crippen LogP contribution in [0.4, 0.5) is 8.78 Å². The second-order valence-electron chi connectivity index (χ2n) is 3.76. The Bertz CT molecular complexity index is 336. The molecule has 1 saturated carbocycles. The third-order valence-electron chi connectivity index (χ3n) is 2.93. The molecule has 0 saturated heterocycles. The molecule has 2 N–H and O–H groups in total. The van der Waals surface area contributed by atoms with E-state index in [1.165, 1.54) is 0 Å². The van der Waals surface area contributed by atoms with Crippen molar-refractivity contribution in [3.8, 4) is 0 Å². The molecular formula is C11H13F2N. The third-order valence-corrected chi connectivity index (χ3v) is 2.93. The van der Waals surface area contributed by atoms with Crippen LogP contribution < -0.4 is 5.73 Å². The molecule has 1 fully saturated rings. The van der Waals surface area contributed by atoms with Gasteiger partial charge in [0.25, 0.3) is 5.92 Å². The number of halogens is 2. The Balaban J connectivity index is 2.32. The molecule has 1 aliphatic rings. The van der Waals surface area contributed by atoms with Gasteiger partial charge in [0.2, 0.25) is 0 Å². The fourth-order valence-corrected chi connectivity index (χ4v) is 1.95. The summed E-state index contributed by atoms with van der Waals surface area (Å²) >= 11 is 0. The molecule has 1 aromatic rings. The van der Waals surface area contributed by atoms with Crippen LogP contribution in [0.3, 0.4) is 0 Å². The molecule has 14 heavy (non-hydrogen) atoms.